The Kier molecular flexibility index (Phi) is 15.7. The zero-order valence-electron chi connectivity index (χ0n) is 10.1. The van der Waals surface area contributed by atoms with E-state index in [2.05, 4.69) is 13.2 Å². The molecule has 0 fully saturated rings. The van der Waals surface area contributed by atoms with E-state index in [0.717, 1.165) is 0 Å². The maximum atomic E-state index is 10.2. The van der Waals surface area contributed by atoms with Gasteiger partial charge in [-0.25, -0.2) is 0 Å². The molecule has 0 saturated heterocycles. The summed E-state index contributed by atoms with van der Waals surface area (Å²) >= 11 is 0. The summed E-state index contributed by atoms with van der Waals surface area (Å²) in [6, 6.07) is 0. The van der Waals surface area contributed by atoms with Crippen LogP contribution in [0.2, 0.25) is 0 Å². The van der Waals surface area contributed by atoms with Crippen molar-refractivity contribution in [2.75, 3.05) is 13.2 Å². The molecule has 0 saturated carbocycles. The molecule has 8 nitrogen and oxygen atoms in total. The van der Waals surface area contributed by atoms with Gasteiger partial charge < -0.3 is 14.9 Å². The van der Waals surface area contributed by atoms with Crippen LogP contribution in [0.3, 0.4) is 0 Å². The molecule has 0 aliphatic heterocycles. The lowest BCUT2D eigenvalue weighted by Gasteiger charge is -2.04. The first-order chi connectivity index (χ1) is 8.66. The van der Waals surface area contributed by atoms with Crippen LogP contribution in [0, 0.1) is 0 Å². The van der Waals surface area contributed by atoms with Crippen molar-refractivity contribution in [3.8, 4) is 0 Å². The molecule has 0 aromatic heterocycles. The molecular formula is C10H18MgO8S. The second-order valence-corrected chi connectivity index (χ2v) is 4.65. The number of hydrogen-bond acceptors (Lipinski definition) is 5. The fourth-order valence-electron chi connectivity index (χ4n) is 0.713. The quantitative estimate of drug-likeness (QED) is 0.230. The van der Waals surface area contributed by atoms with Crippen molar-refractivity contribution in [3.63, 3.8) is 0 Å². The van der Waals surface area contributed by atoms with E-state index in [1.165, 1.54) is 0 Å². The summed E-state index contributed by atoms with van der Waals surface area (Å²) in [5.41, 5.74) is 0. The molecule has 1 atom stereocenters. The molecule has 10 heteroatoms. The molecule has 0 aliphatic carbocycles. The van der Waals surface area contributed by atoms with Crippen molar-refractivity contribution in [1.82, 2.24) is 0 Å². The van der Waals surface area contributed by atoms with Crippen LogP contribution < -0.4 is 0 Å². The van der Waals surface area contributed by atoms with E-state index in [-0.39, 0.29) is 23.1 Å². The van der Waals surface area contributed by atoms with Gasteiger partial charge in [0.05, 0.1) is 19.6 Å². The third kappa shape index (κ3) is 15.1. The predicted molar refractivity (Wildman–Crippen MR) is 75.0 cm³/mol. The van der Waals surface area contributed by atoms with Gasteiger partial charge in [0, 0.05) is 0 Å². The van der Waals surface area contributed by atoms with Crippen LogP contribution >= 0.6 is 0 Å². The average molecular weight is 323 g/mol. The van der Waals surface area contributed by atoms with Gasteiger partial charge in [-0.3, -0.25) is 14.1 Å². The van der Waals surface area contributed by atoms with Gasteiger partial charge in [0.2, 0.25) is 0 Å². The van der Waals surface area contributed by atoms with Gasteiger partial charge >= 0.3 is 35.0 Å². The van der Waals surface area contributed by atoms with Crippen LogP contribution in [-0.2, 0) is 24.4 Å². The van der Waals surface area contributed by atoms with Crippen molar-refractivity contribution in [2.24, 2.45) is 0 Å². The highest BCUT2D eigenvalue weighted by Gasteiger charge is 2.33. The molecule has 20 heavy (non-hydrogen) atoms. The molecule has 0 aliphatic rings. The maximum Gasteiger partial charge on any atom is 0.325 e. The van der Waals surface area contributed by atoms with Gasteiger partial charge in [0.25, 0.3) is 10.1 Å². The van der Waals surface area contributed by atoms with Crippen LogP contribution in [0.4, 0.5) is 0 Å². The molecule has 0 amide bonds. The zero-order chi connectivity index (χ0) is 15.5. The third-order valence-corrected chi connectivity index (χ3v) is 2.55. The molecule has 0 heterocycles. The first-order valence-electron chi connectivity index (χ1n) is 4.87. The molecule has 0 aromatic carbocycles. The second-order valence-electron chi connectivity index (χ2n) is 3.05. The van der Waals surface area contributed by atoms with Gasteiger partial charge in [-0.05, 0) is 0 Å². The largest absolute Gasteiger partial charge is 0.481 e. The Labute approximate surface area is 133 Å². The Morgan fingerprint density at radius 1 is 1.15 bits per heavy atom. The third-order valence-electron chi connectivity index (χ3n) is 1.47. The maximum absolute atomic E-state index is 10.2. The number of aliphatic carboxylic acids is 2. The van der Waals surface area contributed by atoms with Crippen molar-refractivity contribution in [2.45, 2.75) is 11.7 Å². The Morgan fingerprint density at radius 3 is 1.70 bits per heavy atom. The summed E-state index contributed by atoms with van der Waals surface area (Å²) < 4.78 is 33.6. The topological polar surface area (TPSA) is 138 Å². The van der Waals surface area contributed by atoms with Gasteiger partial charge in [-0.1, -0.05) is 12.2 Å². The van der Waals surface area contributed by atoms with E-state index in [1.54, 1.807) is 12.2 Å². The molecule has 0 bridgehead atoms. The molecule has 0 radical (unpaired) electrons. The molecule has 0 spiro atoms. The van der Waals surface area contributed by atoms with Crippen molar-refractivity contribution in [3.05, 3.63) is 25.3 Å². The minimum absolute atomic E-state index is 0. The van der Waals surface area contributed by atoms with Gasteiger partial charge in [0.15, 0.2) is 5.25 Å². The monoisotopic (exact) mass is 322 g/mol. The summed E-state index contributed by atoms with van der Waals surface area (Å²) in [6.45, 7) is 8.18. The number of ether oxygens (including phenoxy) is 1. The summed E-state index contributed by atoms with van der Waals surface area (Å²) in [5.74, 6) is -3.50. The first-order valence-corrected chi connectivity index (χ1v) is 6.37. The van der Waals surface area contributed by atoms with E-state index in [1.807, 2.05) is 0 Å². The number of carbonyl (C=O) groups is 2. The SMILES string of the molecule is C=CCOCC=C.O=C(O)CC(C(=O)O)S(=O)(=O)O.[MgH2]. The molecule has 3 N–H and O–H groups in total. The number of hydrogen-bond donors (Lipinski definition) is 3. The van der Waals surface area contributed by atoms with Crippen LogP contribution in [0.25, 0.3) is 0 Å². The Morgan fingerprint density at radius 2 is 1.55 bits per heavy atom. The van der Waals surface area contributed by atoms with Crippen LogP contribution in [0.1, 0.15) is 6.42 Å². The van der Waals surface area contributed by atoms with Gasteiger partial charge in [0.1, 0.15) is 0 Å². The summed E-state index contributed by atoms with van der Waals surface area (Å²) in [6.07, 6.45) is 2.27. The second kappa shape index (κ2) is 13.1. The highest BCUT2D eigenvalue weighted by atomic mass is 32.2. The van der Waals surface area contributed by atoms with E-state index in [0.29, 0.717) is 13.2 Å². The Balaban J connectivity index is -0.000000312. The van der Waals surface area contributed by atoms with E-state index >= 15 is 0 Å². The zero-order valence-corrected chi connectivity index (χ0v) is 10.9. The minimum atomic E-state index is -4.84. The number of carboxylic acids is 2. The first kappa shape index (κ1) is 24.1. The molecule has 0 aromatic rings. The lowest BCUT2D eigenvalue weighted by atomic mass is 10.3. The summed E-state index contributed by atoms with van der Waals surface area (Å²) in [5, 5.41) is 13.9. The van der Waals surface area contributed by atoms with Crippen molar-refractivity contribution in [1.29, 1.82) is 0 Å². The van der Waals surface area contributed by atoms with Crippen molar-refractivity contribution >= 4 is 45.1 Å². The van der Waals surface area contributed by atoms with Gasteiger partial charge in [-0.15, -0.1) is 13.2 Å². The fourth-order valence-corrected chi connectivity index (χ4v) is 1.32. The smallest absolute Gasteiger partial charge is 0.325 e. The van der Waals surface area contributed by atoms with E-state index in [9.17, 15) is 18.0 Å². The van der Waals surface area contributed by atoms with E-state index in [4.69, 9.17) is 19.5 Å². The molecule has 0 rings (SSSR count). The minimum Gasteiger partial charge on any atom is -0.481 e. The van der Waals surface area contributed by atoms with Crippen LogP contribution in [0.15, 0.2) is 25.3 Å². The average Bonchev–Trinajstić information content (AvgIpc) is 2.25. The van der Waals surface area contributed by atoms with Gasteiger partial charge in [-0.2, -0.15) is 8.42 Å². The highest BCUT2D eigenvalue weighted by molar-refractivity contribution is 7.87. The Bertz CT molecular complexity index is 409. The Hall–Kier alpha value is -0.944. The lowest BCUT2D eigenvalue weighted by molar-refractivity contribution is -0.143. The molecular weight excluding hydrogens is 304 g/mol. The summed E-state index contributed by atoms with van der Waals surface area (Å²) in [4.78, 5) is 20.0. The number of carboxylic acid groups (broad SMARTS) is 2. The van der Waals surface area contributed by atoms with Crippen molar-refractivity contribution < 1.29 is 37.5 Å². The number of rotatable bonds is 8. The van der Waals surface area contributed by atoms with Crippen LogP contribution in [-0.4, -0.2) is 76.6 Å². The summed E-state index contributed by atoms with van der Waals surface area (Å²) in [7, 11) is -4.84. The molecule has 1 unspecified atom stereocenters. The fraction of sp³-hybridized carbons (Fsp3) is 0.400. The van der Waals surface area contributed by atoms with Crippen LogP contribution in [0.5, 0.6) is 0 Å². The normalized spacial score (nSPS) is 11.1. The predicted octanol–water partition coefficient (Wildman–Crippen LogP) is -0.739. The highest BCUT2D eigenvalue weighted by Crippen LogP contribution is 2.04. The standard InChI is InChI=1S/C6H10O.C4H6O7S.Mg.2H/c1-3-5-7-6-4-2;5-3(6)1-2(4(7)8)12(9,10)11;;;/h3-4H,1-2,5-6H2;2H,1H2,(H,5,6)(H,7,8)(H,9,10,11);;;. The lowest BCUT2D eigenvalue weighted by Crippen LogP contribution is -2.31. The molecule has 114 valence electrons. The van der Waals surface area contributed by atoms with E-state index < -0.39 is 33.7 Å².